The summed E-state index contributed by atoms with van der Waals surface area (Å²) in [5.74, 6) is 1.09. The van der Waals surface area contributed by atoms with Crippen molar-refractivity contribution in [2.45, 2.75) is 50.7 Å². The zero-order valence-corrected chi connectivity index (χ0v) is 17.3. The molecule has 5 rings (SSSR count). The highest BCUT2D eigenvalue weighted by molar-refractivity contribution is 5.81. The topological polar surface area (TPSA) is 58.4 Å². The van der Waals surface area contributed by atoms with Gasteiger partial charge in [-0.2, -0.15) is 0 Å². The number of nitrogens with zero attached hydrogens (tertiary/aromatic N) is 2. The normalized spacial score (nSPS) is 17.5. The number of hydrogen-bond acceptors (Lipinski definition) is 4. The molecular weight excluding hydrogens is 374 g/mol. The molecule has 154 valence electrons. The lowest BCUT2D eigenvalue weighted by Crippen LogP contribution is -2.47. The lowest BCUT2D eigenvalue weighted by atomic mass is 9.85. The summed E-state index contributed by atoms with van der Waals surface area (Å²) in [5.41, 5.74) is 4.47. The van der Waals surface area contributed by atoms with E-state index >= 15 is 0 Å². The van der Waals surface area contributed by atoms with Gasteiger partial charge in [0.05, 0.1) is 12.0 Å². The van der Waals surface area contributed by atoms with E-state index in [1.807, 2.05) is 19.1 Å². The Morgan fingerprint density at radius 1 is 1.07 bits per heavy atom. The summed E-state index contributed by atoms with van der Waals surface area (Å²) in [7, 11) is 0. The molecule has 1 fully saturated rings. The zero-order chi connectivity index (χ0) is 20.5. The molecule has 5 heteroatoms. The molecule has 1 amide bonds. The number of amides is 1. The van der Waals surface area contributed by atoms with Crippen LogP contribution in [0, 0.1) is 0 Å². The minimum atomic E-state index is -0.159. The molecule has 3 aromatic rings. The van der Waals surface area contributed by atoms with Crippen molar-refractivity contribution in [2.24, 2.45) is 0 Å². The Bertz CT molecular complexity index is 972. The smallest absolute Gasteiger partial charge is 0.237 e. The maximum Gasteiger partial charge on any atom is 0.237 e. The standard InChI is InChI=1S/C25H27N3O2/c1-17(25(29)26-20-12-13-20)28-15-14-22-21(16-28)24(27-30-22)23(18-8-4-2-5-9-18)19-10-6-3-7-11-19/h2-11,17,20,23H,12-16H2,1H3,(H,26,29). The number of benzene rings is 2. The number of carbonyl (C=O) groups excluding carboxylic acids is 1. The van der Waals surface area contributed by atoms with Crippen LogP contribution in [0.15, 0.2) is 65.2 Å². The minimum absolute atomic E-state index is 0.00967. The molecule has 1 saturated carbocycles. The van der Waals surface area contributed by atoms with Gasteiger partial charge in [-0.3, -0.25) is 9.69 Å². The zero-order valence-electron chi connectivity index (χ0n) is 17.3. The number of hydrogen-bond donors (Lipinski definition) is 1. The highest BCUT2D eigenvalue weighted by Crippen LogP contribution is 2.36. The summed E-state index contributed by atoms with van der Waals surface area (Å²) in [6.07, 6.45) is 2.99. The number of nitrogens with one attached hydrogen (secondary N) is 1. The highest BCUT2D eigenvalue weighted by Gasteiger charge is 2.34. The average molecular weight is 402 g/mol. The van der Waals surface area contributed by atoms with Crippen LogP contribution in [-0.2, 0) is 17.8 Å². The van der Waals surface area contributed by atoms with Crippen LogP contribution >= 0.6 is 0 Å². The maximum absolute atomic E-state index is 12.6. The van der Waals surface area contributed by atoms with E-state index in [0.717, 1.165) is 42.8 Å². The van der Waals surface area contributed by atoms with E-state index in [0.29, 0.717) is 12.6 Å². The molecule has 0 spiro atoms. The van der Waals surface area contributed by atoms with Crippen molar-refractivity contribution in [3.05, 3.63) is 88.8 Å². The van der Waals surface area contributed by atoms with E-state index in [4.69, 9.17) is 4.52 Å². The number of carbonyl (C=O) groups is 1. The van der Waals surface area contributed by atoms with E-state index < -0.39 is 0 Å². The van der Waals surface area contributed by atoms with Crippen molar-refractivity contribution in [1.29, 1.82) is 0 Å². The van der Waals surface area contributed by atoms with Crippen LogP contribution in [0.3, 0.4) is 0 Å². The minimum Gasteiger partial charge on any atom is -0.361 e. The van der Waals surface area contributed by atoms with E-state index in [2.05, 4.69) is 63.9 Å². The summed E-state index contributed by atoms with van der Waals surface area (Å²) in [6, 6.07) is 21.1. The average Bonchev–Trinajstić information content (AvgIpc) is 3.52. The molecule has 1 atom stereocenters. The molecule has 5 nitrogen and oxygen atoms in total. The van der Waals surface area contributed by atoms with Gasteiger partial charge < -0.3 is 9.84 Å². The van der Waals surface area contributed by atoms with Crippen molar-refractivity contribution in [3.8, 4) is 0 Å². The van der Waals surface area contributed by atoms with Crippen molar-refractivity contribution < 1.29 is 9.32 Å². The predicted octanol–water partition coefficient (Wildman–Crippen LogP) is 3.88. The van der Waals surface area contributed by atoms with Crippen LogP contribution in [0.4, 0.5) is 0 Å². The first-order chi connectivity index (χ1) is 14.7. The second-order valence-corrected chi connectivity index (χ2v) is 8.40. The largest absolute Gasteiger partial charge is 0.361 e. The molecule has 2 heterocycles. The third kappa shape index (κ3) is 3.77. The first-order valence-corrected chi connectivity index (χ1v) is 10.8. The Morgan fingerprint density at radius 3 is 2.30 bits per heavy atom. The molecule has 1 aromatic heterocycles. The number of fused-ring (bicyclic) bond motifs is 1. The molecule has 1 aliphatic heterocycles. The van der Waals surface area contributed by atoms with Gasteiger partial charge in [0.1, 0.15) is 11.5 Å². The first kappa shape index (κ1) is 19.1. The molecule has 1 N–H and O–H groups in total. The Balaban J connectivity index is 1.47. The fraction of sp³-hybridized carbons (Fsp3) is 0.360. The molecule has 30 heavy (non-hydrogen) atoms. The molecule has 0 bridgehead atoms. The van der Waals surface area contributed by atoms with E-state index in [9.17, 15) is 4.79 Å². The van der Waals surface area contributed by atoms with E-state index in [1.54, 1.807) is 0 Å². The van der Waals surface area contributed by atoms with E-state index in [1.165, 1.54) is 11.1 Å². The lowest BCUT2D eigenvalue weighted by molar-refractivity contribution is -0.126. The van der Waals surface area contributed by atoms with Crippen molar-refractivity contribution in [3.63, 3.8) is 0 Å². The number of aromatic nitrogens is 1. The van der Waals surface area contributed by atoms with Gasteiger partial charge in [-0.05, 0) is 30.9 Å². The Kier molecular flexibility index (Phi) is 5.13. The SMILES string of the molecule is CC(C(=O)NC1CC1)N1CCc2onc(C(c3ccccc3)c3ccccc3)c2C1. The molecular formula is C25H27N3O2. The lowest BCUT2D eigenvalue weighted by Gasteiger charge is -2.31. The fourth-order valence-electron chi connectivity index (χ4n) is 4.32. The molecule has 2 aliphatic rings. The van der Waals surface area contributed by atoms with Gasteiger partial charge in [-0.15, -0.1) is 0 Å². The summed E-state index contributed by atoms with van der Waals surface area (Å²) in [5, 5.41) is 7.68. The highest BCUT2D eigenvalue weighted by atomic mass is 16.5. The molecule has 0 saturated heterocycles. The second kappa shape index (κ2) is 8.07. The van der Waals surface area contributed by atoms with E-state index in [-0.39, 0.29) is 17.9 Å². The van der Waals surface area contributed by atoms with Gasteiger partial charge in [-0.25, -0.2) is 0 Å². The summed E-state index contributed by atoms with van der Waals surface area (Å²) < 4.78 is 5.80. The van der Waals surface area contributed by atoms with Crippen LogP contribution in [0.25, 0.3) is 0 Å². The van der Waals surface area contributed by atoms with Gasteiger partial charge >= 0.3 is 0 Å². The third-order valence-electron chi connectivity index (χ3n) is 6.28. The van der Waals surface area contributed by atoms with Gasteiger partial charge in [-0.1, -0.05) is 65.8 Å². The van der Waals surface area contributed by atoms with Crippen LogP contribution in [0.2, 0.25) is 0 Å². The Hall–Kier alpha value is -2.92. The first-order valence-electron chi connectivity index (χ1n) is 10.8. The molecule has 0 radical (unpaired) electrons. The molecule has 2 aromatic carbocycles. The van der Waals surface area contributed by atoms with Crippen LogP contribution in [0.1, 0.15) is 53.8 Å². The van der Waals surface area contributed by atoms with Crippen LogP contribution in [0.5, 0.6) is 0 Å². The van der Waals surface area contributed by atoms with Crippen molar-refractivity contribution >= 4 is 5.91 Å². The number of rotatable bonds is 6. The molecule has 1 aliphatic carbocycles. The monoisotopic (exact) mass is 401 g/mol. The molecule has 1 unspecified atom stereocenters. The maximum atomic E-state index is 12.6. The Morgan fingerprint density at radius 2 is 1.70 bits per heavy atom. The van der Waals surface area contributed by atoms with Crippen molar-refractivity contribution in [1.82, 2.24) is 15.4 Å². The van der Waals surface area contributed by atoms with Gasteiger partial charge in [0, 0.05) is 31.1 Å². The quantitative estimate of drug-likeness (QED) is 0.681. The predicted molar refractivity (Wildman–Crippen MR) is 115 cm³/mol. The summed E-state index contributed by atoms with van der Waals surface area (Å²) in [4.78, 5) is 14.9. The third-order valence-corrected chi connectivity index (χ3v) is 6.28. The van der Waals surface area contributed by atoms with Crippen LogP contribution in [-0.4, -0.2) is 34.6 Å². The fourth-order valence-corrected chi connectivity index (χ4v) is 4.32. The van der Waals surface area contributed by atoms with Gasteiger partial charge in [0.25, 0.3) is 0 Å². The van der Waals surface area contributed by atoms with Crippen molar-refractivity contribution in [2.75, 3.05) is 6.54 Å². The van der Waals surface area contributed by atoms with Crippen LogP contribution < -0.4 is 5.32 Å². The Labute approximate surface area is 177 Å². The van der Waals surface area contributed by atoms with Gasteiger partial charge in [0.15, 0.2) is 0 Å². The van der Waals surface area contributed by atoms with Gasteiger partial charge in [0.2, 0.25) is 5.91 Å². The summed E-state index contributed by atoms with van der Waals surface area (Å²) >= 11 is 0. The second-order valence-electron chi connectivity index (χ2n) is 8.40. The summed E-state index contributed by atoms with van der Waals surface area (Å²) in [6.45, 7) is 3.49.